The molecule has 1 aliphatic heterocycles. The second-order valence-electron chi connectivity index (χ2n) is 4.43. The lowest BCUT2D eigenvalue weighted by molar-refractivity contribution is -0.153. The molecule has 1 aliphatic rings. The lowest BCUT2D eigenvalue weighted by Gasteiger charge is -2.37. The van der Waals surface area contributed by atoms with E-state index in [9.17, 15) is 4.79 Å². The van der Waals surface area contributed by atoms with Crippen LogP contribution in [0.4, 0.5) is 0 Å². The van der Waals surface area contributed by atoms with Crippen LogP contribution < -0.4 is 5.32 Å². The van der Waals surface area contributed by atoms with Gasteiger partial charge in [-0.2, -0.15) is 0 Å². The van der Waals surface area contributed by atoms with Gasteiger partial charge in [-0.3, -0.25) is 5.32 Å². The zero-order valence-corrected chi connectivity index (χ0v) is 11.2. The van der Waals surface area contributed by atoms with Crippen molar-refractivity contribution in [3.05, 3.63) is 45.8 Å². The van der Waals surface area contributed by atoms with Crippen LogP contribution in [0, 0.1) is 0 Å². The average molecular weight is 276 g/mol. The largest absolute Gasteiger partial charge is 0.467 e. The van der Waals surface area contributed by atoms with Gasteiger partial charge in [0.15, 0.2) is 5.54 Å². The summed E-state index contributed by atoms with van der Waals surface area (Å²) in [6.45, 7) is 1.26. The van der Waals surface area contributed by atoms with Gasteiger partial charge in [-0.05, 0) is 16.7 Å². The average Bonchev–Trinajstić information content (AvgIpc) is 2.51. The minimum Gasteiger partial charge on any atom is -0.467 e. The lowest BCUT2D eigenvalue weighted by Crippen LogP contribution is -2.56. The minimum atomic E-state index is -1.05. The van der Waals surface area contributed by atoms with Gasteiger partial charge in [0.25, 0.3) is 0 Å². The zero-order valence-electron chi connectivity index (χ0n) is 11.2. The van der Waals surface area contributed by atoms with Crippen molar-refractivity contribution in [3.63, 3.8) is 0 Å². The topological polar surface area (TPSA) is 96.3 Å². The molecule has 2 rings (SSSR count). The number of nitrogens with zero attached hydrogens (tertiary/aromatic N) is 3. The zero-order chi connectivity index (χ0) is 14.4. The minimum absolute atomic E-state index is 0.187. The molecular weight excluding hydrogens is 260 g/mol. The van der Waals surface area contributed by atoms with Crippen LogP contribution in [-0.4, -0.2) is 32.8 Å². The smallest absolute Gasteiger partial charge is 0.333 e. The van der Waals surface area contributed by atoms with Gasteiger partial charge in [-0.15, -0.1) is 0 Å². The highest BCUT2D eigenvalue weighted by atomic mass is 16.5. The summed E-state index contributed by atoms with van der Waals surface area (Å²) in [4.78, 5) is 14.9. The Kier molecular flexibility index (Phi) is 4.57. The van der Waals surface area contributed by atoms with Crippen molar-refractivity contribution in [2.45, 2.75) is 12.1 Å². The van der Waals surface area contributed by atoms with E-state index < -0.39 is 11.5 Å². The number of fused-ring (bicyclic) bond motifs is 1. The standard InChI is InChI=1S/C13H16N4O3/c1-19-12(18)13(15-6-7-16-17-14)9-20-8-10-4-2-3-5-11(10)13/h2-5,15H,6-9H2,1H3. The molecule has 0 aromatic heterocycles. The van der Waals surface area contributed by atoms with Crippen LogP contribution in [-0.2, 0) is 26.4 Å². The van der Waals surface area contributed by atoms with Gasteiger partial charge in [-0.25, -0.2) is 4.79 Å². The Bertz CT molecular complexity index is 542. The fourth-order valence-corrected chi connectivity index (χ4v) is 2.38. The number of hydrogen-bond donors (Lipinski definition) is 1. The molecule has 0 bridgehead atoms. The number of carbonyl (C=O) groups is 1. The van der Waals surface area contributed by atoms with Gasteiger partial charge < -0.3 is 9.47 Å². The first kappa shape index (κ1) is 14.3. The van der Waals surface area contributed by atoms with E-state index in [2.05, 4.69) is 15.3 Å². The van der Waals surface area contributed by atoms with Crippen molar-refractivity contribution in [2.24, 2.45) is 5.11 Å². The number of hydrogen-bond acceptors (Lipinski definition) is 5. The predicted molar refractivity (Wildman–Crippen MR) is 71.8 cm³/mol. The fraction of sp³-hybridized carbons (Fsp3) is 0.462. The second-order valence-corrected chi connectivity index (χ2v) is 4.43. The van der Waals surface area contributed by atoms with Crippen LogP contribution >= 0.6 is 0 Å². The molecule has 1 aromatic rings. The molecule has 0 radical (unpaired) electrons. The molecule has 1 aromatic carbocycles. The second kappa shape index (κ2) is 6.38. The molecule has 0 saturated carbocycles. The molecule has 7 heteroatoms. The molecular formula is C13H16N4O3. The van der Waals surface area contributed by atoms with Gasteiger partial charge in [0.1, 0.15) is 0 Å². The molecule has 1 unspecified atom stereocenters. The molecule has 1 heterocycles. The van der Waals surface area contributed by atoms with Crippen LogP contribution in [0.5, 0.6) is 0 Å². The van der Waals surface area contributed by atoms with Gasteiger partial charge in [0.2, 0.25) is 0 Å². The summed E-state index contributed by atoms with van der Waals surface area (Å²) < 4.78 is 10.4. The predicted octanol–water partition coefficient (Wildman–Crippen LogP) is 1.48. The van der Waals surface area contributed by atoms with E-state index in [-0.39, 0.29) is 13.2 Å². The SMILES string of the molecule is COC(=O)C1(NCCN=[N+]=[N-])COCc2ccccc21. The first-order chi connectivity index (χ1) is 9.74. The molecule has 7 nitrogen and oxygen atoms in total. The summed E-state index contributed by atoms with van der Waals surface area (Å²) in [5, 5.41) is 6.57. The van der Waals surface area contributed by atoms with Crippen LogP contribution in [0.2, 0.25) is 0 Å². The number of nitrogens with one attached hydrogen (secondary N) is 1. The Morgan fingerprint density at radius 2 is 2.40 bits per heavy atom. The van der Waals surface area contributed by atoms with Crippen LogP contribution in [0.15, 0.2) is 29.4 Å². The highest BCUT2D eigenvalue weighted by Crippen LogP contribution is 2.31. The summed E-state index contributed by atoms with van der Waals surface area (Å²) in [5.41, 5.74) is 9.04. The first-order valence-corrected chi connectivity index (χ1v) is 6.25. The van der Waals surface area contributed by atoms with E-state index >= 15 is 0 Å². The number of esters is 1. The summed E-state index contributed by atoms with van der Waals surface area (Å²) in [5.74, 6) is -0.411. The highest BCUT2D eigenvalue weighted by molar-refractivity contribution is 5.83. The molecule has 0 amide bonds. The Hall–Kier alpha value is -2.08. The Balaban J connectivity index is 2.33. The quantitative estimate of drug-likeness (QED) is 0.289. The number of azide groups is 1. The molecule has 20 heavy (non-hydrogen) atoms. The molecule has 0 aliphatic carbocycles. The highest BCUT2D eigenvalue weighted by Gasteiger charge is 2.44. The third kappa shape index (κ3) is 2.60. The third-order valence-electron chi connectivity index (χ3n) is 3.29. The number of benzene rings is 1. The fourth-order valence-electron chi connectivity index (χ4n) is 2.38. The Morgan fingerprint density at radius 3 is 3.15 bits per heavy atom. The number of methoxy groups -OCH3 is 1. The number of carbonyl (C=O) groups excluding carboxylic acids is 1. The van der Waals surface area contributed by atoms with E-state index in [4.69, 9.17) is 15.0 Å². The summed E-state index contributed by atoms with van der Waals surface area (Å²) >= 11 is 0. The van der Waals surface area contributed by atoms with Crippen molar-refractivity contribution < 1.29 is 14.3 Å². The maximum Gasteiger partial charge on any atom is 0.333 e. The Labute approximate surface area is 116 Å². The van der Waals surface area contributed by atoms with Crippen molar-refractivity contribution in [2.75, 3.05) is 26.8 Å². The van der Waals surface area contributed by atoms with E-state index in [0.29, 0.717) is 13.2 Å². The summed E-state index contributed by atoms with van der Waals surface area (Å²) in [6, 6.07) is 7.57. The monoisotopic (exact) mass is 276 g/mol. The van der Waals surface area contributed by atoms with E-state index in [1.165, 1.54) is 7.11 Å². The number of rotatable bonds is 5. The molecule has 0 fully saturated rings. The van der Waals surface area contributed by atoms with E-state index in [1.54, 1.807) is 0 Å². The molecule has 0 spiro atoms. The van der Waals surface area contributed by atoms with Gasteiger partial charge >= 0.3 is 5.97 Å². The van der Waals surface area contributed by atoms with Crippen LogP contribution in [0.3, 0.4) is 0 Å². The molecule has 1 atom stereocenters. The third-order valence-corrected chi connectivity index (χ3v) is 3.29. The maximum absolute atomic E-state index is 12.2. The lowest BCUT2D eigenvalue weighted by atomic mass is 9.85. The van der Waals surface area contributed by atoms with Crippen molar-refractivity contribution in [1.29, 1.82) is 0 Å². The van der Waals surface area contributed by atoms with Crippen molar-refractivity contribution in [3.8, 4) is 0 Å². The van der Waals surface area contributed by atoms with Gasteiger partial charge in [0.05, 0.1) is 20.3 Å². The number of ether oxygens (including phenoxy) is 2. The first-order valence-electron chi connectivity index (χ1n) is 6.25. The van der Waals surface area contributed by atoms with Crippen LogP contribution in [0.25, 0.3) is 10.4 Å². The van der Waals surface area contributed by atoms with Crippen molar-refractivity contribution >= 4 is 5.97 Å². The van der Waals surface area contributed by atoms with E-state index in [1.807, 2.05) is 24.3 Å². The van der Waals surface area contributed by atoms with Crippen LogP contribution in [0.1, 0.15) is 11.1 Å². The van der Waals surface area contributed by atoms with Crippen molar-refractivity contribution in [1.82, 2.24) is 5.32 Å². The molecule has 0 saturated heterocycles. The summed E-state index contributed by atoms with van der Waals surface area (Å²) in [6.07, 6.45) is 0. The molecule has 106 valence electrons. The van der Waals surface area contributed by atoms with Gasteiger partial charge in [0, 0.05) is 18.0 Å². The summed E-state index contributed by atoms with van der Waals surface area (Å²) in [7, 11) is 1.34. The van der Waals surface area contributed by atoms with Gasteiger partial charge in [-0.1, -0.05) is 29.4 Å². The van der Waals surface area contributed by atoms with E-state index in [0.717, 1.165) is 11.1 Å². The Morgan fingerprint density at radius 1 is 1.60 bits per heavy atom. The normalized spacial score (nSPS) is 20.6. The maximum atomic E-state index is 12.2. The molecule has 1 N–H and O–H groups in total.